The van der Waals surface area contributed by atoms with Crippen LogP contribution in [-0.4, -0.2) is 0 Å². The van der Waals surface area contributed by atoms with Crippen LogP contribution in [0, 0.1) is 29.1 Å². The van der Waals surface area contributed by atoms with Crippen molar-refractivity contribution in [1.82, 2.24) is 0 Å². The van der Waals surface area contributed by atoms with Crippen molar-refractivity contribution in [3.05, 3.63) is 136 Å². The molecular weight excluding hydrogens is 617 g/mol. The molecule has 0 amide bonds. The minimum atomic E-state index is -4.38. The molecule has 9 heteroatoms. The minimum Gasteiger partial charge on any atom is -0.429 e. The first-order valence-electron chi connectivity index (χ1n) is 14.2. The normalized spacial score (nSPS) is 11.6. The Morgan fingerprint density at radius 2 is 1.07 bits per heavy atom. The maximum atomic E-state index is 15.0. The zero-order valence-electron chi connectivity index (χ0n) is 23.9. The van der Waals surface area contributed by atoms with E-state index in [2.05, 4.69) is 11.7 Å². The molecule has 0 radical (unpaired) electrons. The standard InChI is InChI=1S/C36H26ClF7O/c1-2-3-4-5-21-6-8-22(9-7-21)26-19-32(41)35(33(42)20-26)36(43,44)45-27-13-10-23(11-14-27)25-17-30(39)34(31(40)18-25)24-12-15-28(37)29(38)16-24/h6-20H,2-5H2,1H3. The van der Waals surface area contributed by atoms with Gasteiger partial charge in [0.25, 0.3) is 0 Å². The van der Waals surface area contributed by atoms with Crippen LogP contribution in [0.4, 0.5) is 30.7 Å². The van der Waals surface area contributed by atoms with Crippen LogP contribution >= 0.6 is 11.6 Å². The highest BCUT2D eigenvalue weighted by Gasteiger charge is 2.41. The fraction of sp³-hybridized carbons (Fsp3) is 0.167. The van der Waals surface area contributed by atoms with Gasteiger partial charge >= 0.3 is 6.11 Å². The highest BCUT2D eigenvalue weighted by Crippen LogP contribution is 2.38. The fourth-order valence-corrected chi connectivity index (χ4v) is 5.16. The number of alkyl halides is 2. The third-order valence-corrected chi connectivity index (χ3v) is 7.68. The lowest BCUT2D eigenvalue weighted by atomic mass is 9.98. The minimum absolute atomic E-state index is 0.0585. The number of unbranched alkanes of at least 4 members (excludes halogenated alkanes) is 2. The Bertz CT molecular complexity index is 1770. The predicted molar refractivity (Wildman–Crippen MR) is 162 cm³/mol. The zero-order valence-corrected chi connectivity index (χ0v) is 24.7. The van der Waals surface area contributed by atoms with E-state index in [-0.39, 0.29) is 27.3 Å². The van der Waals surface area contributed by atoms with E-state index >= 15 is 8.78 Å². The van der Waals surface area contributed by atoms with Crippen molar-refractivity contribution in [2.75, 3.05) is 0 Å². The fourth-order valence-electron chi connectivity index (χ4n) is 5.04. The topological polar surface area (TPSA) is 9.23 Å². The molecule has 0 aliphatic heterocycles. The molecule has 0 N–H and O–H groups in total. The molecule has 0 aromatic heterocycles. The summed E-state index contributed by atoms with van der Waals surface area (Å²) in [6.45, 7) is 2.10. The number of ether oxygens (including phenoxy) is 1. The lowest BCUT2D eigenvalue weighted by molar-refractivity contribution is -0.189. The molecular formula is C36H26ClF7O. The maximum absolute atomic E-state index is 15.0. The van der Waals surface area contributed by atoms with Gasteiger partial charge in [0.1, 0.15) is 40.4 Å². The molecule has 0 bridgehead atoms. The van der Waals surface area contributed by atoms with Gasteiger partial charge in [-0.25, -0.2) is 22.0 Å². The summed E-state index contributed by atoms with van der Waals surface area (Å²) >= 11 is 5.65. The van der Waals surface area contributed by atoms with Crippen LogP contribution in [0.3, 0.4) is 0 Å². The summed E-state index contributed by atoms with van der Waals surface area (Å²) in [5, 5.41) is -0.204. The molecule has 0 heterocycles. The summed E-state index contributed by atoms with van der Waals surface area (Å²) in [5.41, 5.74) is -0.155. The van der Waals surface area contributed by atoms with Gasteiger partial charge in [-0.1, -0.05) is 73.8 Å². The van der Waals surface area contributed by atoms with E-state index < -0.39 is 52.1 Å². The highest BCUT2D eigenvalue weighted by atomic mass is 35.5. The Balaban J connectivity index is 1.33. The average molecular weight is 643 g/mol. The number of rotatable bonds is 10. The molecule has 0 fully saturated rings. The van der Waals surface area contributed by atoms with Gasteiger partial charge in [-0.05, 0) is 94.8 Å². The monoisotopic (exact) mass is 642 g/mol. The second-order valence-corrected chi connectivity index (χ2v) is 11.0. The van der Waals surface area contributed by atoms with Crippen LogP contribution in [0.2, 0.25) is 5.02 Å². The Morgan fingerprint density at radius 1 is 0.578 bits per heavy atom. The smallest absolute Gasteiger partial charge is 0.429 e. The number of halogens is 8. The predicted octanol–water partition coefficient (Wildman–Crippen LogP) is 11.9. The molecule has 1 nitrogen and oxygen atoms in total. The zero-order chi connectivity index (χ0) is 32.3. The molecule has 45 heavy (non-hydrogen) atoms. The molecule has 5 aromatic rings. The summed E-state index contributed by atoms with van der Waals surface area (Å²) in [4.78, 5) is 0. The van der Waals surface area contributed by atoms with Gasteiger partial charge < -0.3 is 4.74 Å². The second kappa shape index (κ2) is 13.4. The molecule has 0 atom stereocenters. The number of hydrogen-bond acceptors (Lipinski definition) is 1. The number of hydrogen-bond donors (Lipinski definition) is 0. The van der Waals surface area contributed by atoms with E-state index in [1.165, 1.54) is 24.3 Å². The Hall–Kier alpha value is -4.30. The Morgan fingerprint density at radius 3 is 1.60 bits per heavy atom. The van der Waals surface area contributed by atoms with E-state index in [0.29, 0.717) is 5.56 Å². The van der Waals surface area contributed by atoms with Gasteiger partial charge in [-0.3, -0.25) is 0 Å². The summed E-state index contributed by atoms with van der Waals surface area (Å²) in [6.07, 6.45) is -0.331. The number of benzene rings is 5. The van der Waals surface area contributed by atoms with Crippen LogP contribution in [0.15, 0.2) is 91.0 Å². The third kappa shape index (κ3) is 7.17. The Kier molecular flexibility index (Phi) is 9.53. The summed E-state index contributed by atoms with van der Waals surface area (Å²) in [7, 11) is 0. The van der Waals surface area contributed by atoms with Crippen LogP contribution in [-0.2, 0) is 12.5 Å². The van der Waals surface area contributed by atoms with E-state index in [0.717, 1.165) is 73.7 Å². The van der Waals surface area contributed by atoms with Crippen LogP contribution in [0.5, 0.6) is 5.75 Å². The molecule has 0 saturated carbocycles. The molecule has 0 aliphatic carbocycles. The lowest BCUT2D eigenvalue weighted by Crippen LogP contribution is -2.25. The van der Waals surface area contributed by atoms with Crippen molar-refractivity contribution in [2.24, 2.45) is 0 Å². The average Bonchev–Trinajstić information content (AvgIpc) is 2.98. The highest BCUT2D eigenvalue weighted by molar-refractivity contribution is 6.30. The second-order valence-electron chi connectivity index (χ2n) is 10.6. The maximum Gasteiger partial charge on any atom is 0.432 e. The molecule has 0 unspecified atom stereocenters. The van der Waals surface area contributed by atoms with Gasteiger partial charge in [0.05, 0.1) is 10.6 Å². The molecule has 0 saturated heterocycles. The van der Waals surface area contributed by atoms with Crippen molar-refractivity contribution in [1.29, 1.82) is 0 Å². The molecule has 232 valence electrons. The molecule has 0 aliphatic rings. The summed E-state index contributed by atoms with van der Waals surface area (Å²) in [6, 6.07) is 18.7. The first-order valence-corrected chi connectivity index (χ1v) is 14.5. The van der Waals surface area contributed by atoms with E-state index in [1.54, 1.807) is 12.1 Å². The van der Waals surface area contributed by atoms with Gasteiger partial charge in [-0.15, -0.1) is 0 Å². The summed E-state index contributed by atoms with van der Waals surface area (Å²) < 4.78 is 108. The van der Waals surface area contributed by atoms with Crippen molar-refractivity contribution >= 4 is 11.6 Å². The SMILES string of the molecule is CCCCCc1ccc(-c2cc(F)c(C(F)(F)Oc3ccc(-c4cc(F)c(-c5ccc(Cl)c(F)c5)c(F)c4)cc3)c(F)c2)cc1. The van der Waals surface area contributed by atoms with Crippen LogP contribution in [0.1, 0.15) is 37.3 Å². The Labute approximate surface area is 260 Å². The van der Waals surface area contributed by atoms with Crippen molar-refractivity contribution in [3.8, 4) is 39.1 Å². The van der Waals surface area contributed by atoms with E-state index in [9.17, 15) is 22.0 Å². The molecule has 5 aromatic carbocycles. The van der Waals surface area contributed by atoms with Crippen molar-refractivity contribution in [2.45, 2.75) is 38.7 Å². The molecule has 5 rings (SSSR count). The molecule has 0 spiro atoms. The van der Waals surface area contributed by atoms with Crippen LogP contribution < -0.4 is 4.74 Å². The van der Waals surface area contributed by atoms with Crippen LogP contribution in [0.25, 0.3) is 33.4 Å². The first kappa shape index (κ1) is 32.1. The van der Waals surface area contributed by atoms with E-state index in [4.69, 9.17) is 11.6 Å². The third-order valence-electron chi connectivity index (χ3n) is 7.37. The lowest BCUT2D eigenvalue weighted by Gasteiger charge is -2.20. The van der Waals surface area contributed by atoms with Gasteiger partial charge in [0.2, 0.25) is 0 Å². The quantitative estimate of drug-likeness (QED) is 0.109. The van der Waals surface area contributed by atoms with Crippen molar-refractivity contribution < 1.29 is 35.5 Å². The largest absolute Gasteiger partial charge is 0.432 e. The van der Waals surface area contributed by atoms with Gasteiger partial charge in [0.15, 0.2) is 0 Å². The van der Waals surface area contributed by atoms with Gasteiger partial charge in [0, 0.05) is 0 Å². The van der Waals surface area contributed by atoms with E-state index in [1.807, 2.05) is 12.1 Å². The van der Waals surface area contributed by atoms with Crippen molar-refractivity contribution in [3.63, 3.8) is 0 Å². The number of aryl methyl sites for hydroxylation is 1. The van der Waals surface area contributed by atoms with Gasteiger partial charge in [-0.2, -0.15) is 8.78 Å². The summed E-state index contributed by atoms with van der Waals surface area (Å²) in [5.74, 6) is -6.23. The first-order chi connectivity index (χ1) is 21.5.